The summed E-state index contributed by atoms with van der Waals surface area (Å²) in [6.45, 7) is 6.95. The molecule has 0 bridgehead atoms. The Hall–Kier alpha value is -1.61. The van der Waals surface area contributed by atoms with Crippen molar-refractivity contribution in [2.45, 2.75) is 39.9 Å². The van der Waals surface area contributed by atoms with Gasteiger partial charge in [0.2, 0.25) is 0 Å². The van der Waals surface area contributed by atoms with Crippen LogP contribution in [0, 0.1) is 12.8 Å². The highest BCUT2D eigenvalue weighted by atomic mass is 16.5. The first-order valence-corrected chi connectivity index (χ1v) is 6.83. The molecule has 0 radical (unpaired) electrons. The van der Waals surface area contributed by atoms with E-state index >= 15 is 0 Å². The zero-order valence-electron chi connectivity index (χ0n) is 11.6. The molecule has 19 heavy (non-hydrogen) atoms. The quantitative estimate of drug-likeness (QED) is 0.853. The summed E-state index contributed by atoms with van der Waals surface area (Å²) in [4.78, 5) is 15.2. The molecule has 3 rings (SSSR count). The van der Waals surface area contributed by atoms with Crippen LogP contribution in [0.4, 0.5) is 0 Å². The Balaban J connectivity index is 2.24. The molecule has 1 aromatic carbocycles. The lowest BCUT2D eigenvalue weighted by molar-refractivity contribution is -0.000836. The minimum atomic E-state index is 0.0156. The molecule has 100 valence electrons. The van der Waals surface area contributed by atoms with Crippen molar-refractivity contribution < 1.29 is 4.74 Å². The number of hydrogen-bond acceptors (Lipinski definition) is 2. The van der Waals surface area contributed by atoms with Crippen LogP contribution in [0.15, 0.2) is 23.0 Å². The highest BCUT2D eigenvalue weighted by Crippen LogP contribution is 2.29. The van der Waals surface area contributed by atoms with Crippen LogP contribution in [0.5, 0.6) is 0 Å². The standard InChI is InChI=1S/C16H19NO2/c1-9(2)14-7-13-12(8-19-14)15-10(3)5-4-6-11(15)16(18)17-13/h4-6,9,14H,7-8H2,1-3H3,(H,17,18). The Morgan fingerprint density at radius 3 is 2.89 bits per heavy atom. The van der Waals surface area contributed by atoms with Crippen LogP contribution in [-0.2, 0) is 17.8 Å². The summed E-state index contributed by atoms with van der Waals surface area (Å²) in [6, 6.07) is 5.87. The largest absolute Gasteiger partial charge is 0.373 e. The maximum atomic E-state index is 12.2. The van der Waals surface area contributed by atoms with Crippen LogP contribution in [-0.4, -0.2) is 11.1 Å². The fourth-order valence-electron chi connectivity index (χ4n) is 2.90. The number of rotatable bonds is 1. The van der Waals surface area contributed by atoms with E-state index in [1.165, 1.54) is 0 Å². The summed E-state index contributed by atoms with van der Waals surface area (Å²) < 4.78 is 5.95. The number of hydrogen-bond donors (Lipinski definition) is 1. The lowest BCUT2D eigenvalue weighted by atomic mass is 9.93. The number of ether oxygens (including phenoxy) is 1. The molecule has 0 amide bonds. The molecular weight excluding hydrogens is 238 g/mol. The minimum Gasteiger partial charge on any atom is -0.373 e. The molecule has 1 aliphatic heterocycles. The van der Waals surface area contributed by atoms with E-state index in [1.807, 2.05) is 12.1 Å². The van der Waals surface area contributed by atoms with Crippen molar-refractivity contribution in [3.8, 4) is 0 Å². The van der Waals surface area contributed by atoms with Crippen LogP contribution in [0.1, 0.15) is 30.7 Å². The number of pyridine rings is 1. The van der Waals surface area contributed by atoms with E-state index in [0.717, 1.165) is 34.0 Å². The van der Waals surface area contributed by atoms with Crippen LogP contribution >= 0.6 is 0 Å². The van der Waals surface area contributed by atoms with E-state index in [-0.39, 0.29) is 11.7 Å². The summed E-state index contributed by atoms with van der Waals surface area (Å²) in [5, 5.41) is 1.84. The van der Waals surface area contributed by atoms with Crippen LogP contribution in [0.25, 0.3) is 10.8 Å². The van der Waals surface area contributed by atoms with E-state index in [9.17, 15) is 4.79 Å². The van der Waals surface area contributed by atoms with Crippen molar-refractivity contribution in [3.63, 3.8) is 0 Å². The molecule has 1 aliphatic rings. The van der Waals surface area contributed by atoms with Gasteiger partial charge in [-0.3, -0.25) is 4.79 Å². The van der Waals surface area contributed by atoms with Gasteiger partial charge in [0, 0.05) is 23.1 Å². The van der Waals surface area contributed by atoms with Gasteiger partial charge in [-0.15, -0.1) is 0 Å². The maximum Gasteiger partial charge on any atom is 0.256 e. The third-order valence-electron chi connectivity index (χ3n) is 4.04. The van der Waals surface area contributed by atoms with Gasteiger partial charge in [-0.05, 0) is 29.9 Å². The van der Waals surface area contributed by atoms with Gasteiger partial charge in [-0.2, -0.15) is 0 Å². The summed E-state index contributed by atoms with van der Waals surface area (Å²) in [7, 11) is 0. The number of aryl methyl sites for hydroxylation is 1. The van der Waals surface area contributed by atoms with Gasteiger partial charge in [0.05, 0.1) is 12.7 Å². The Labute approximate surface area is 112 Å². The molecule has 0 spiro atoms. The molecule has 3 nitrogen and oxygen atoms in total. The number of aromatic nitrogens is 1. The third kappa shape index (κ3) is 1.98. The molecule has 1 atom stereocenters. The second-order valence-electron chi connectivity index (χ2n) is 5.71. The molecule has 1 aromatic heterocycles. The smallest absolute Gasteiger partial charge is 0.256 e. The van der Waals surface area contributed by atoms with Gasteiger partial charge < -0.3 is 9.72 Å². The van der Waals surface area contributed by atoms with Crippen molar-refractivity contribution in [3.05, 3.63) is 45.4 Å². The highest BCUT2D eigenvalue weighted by molar-refractivity contribution is 5.88. The first-order valence-electron chi connectivity index (χ1n) is 6.83. The fraction of sp³-hybridized carbons (Fsp3) is 0.438. The molecule has 0 saturated carbocycles. The third-order valence-corrected chi connectivity index (χ3v) is 4.04. The first kappa shape index (κ1) is 12.4. The Kier molecular flexibility index (Phi) is 2.94. The predicted molar refractivity (Wildman–Crippen MR) is 76.4 cm³/mol. The van der Waals surface area contributed by atoms with Crippen LogP contribution in [0.3, 0.4) is 0 Å². The molecular formula is C16H19NO2. The lowest BCUT2D eigenvalue weighted by Gasteiger charge is -2.28. The molecule has 0 fully saturated rings. The number of nitrogens with one attached hydrogen (secondary N) is 1. The normalized spacial score (nSPS) is 18.8. The Bertz CT molecular complexity index is 685. The van der Waals surface area contributed by atoms with Gasteiger partial charge in [-0.25, -0.2) is 0 Å². The summed E-state index contributed by atoms with van der Waals surface area (Å²) in [6.07, 6.45) is 0.997. The molecule has 1 N–H and O–H groups in total. The van der Waals surface area contributed by atoms with Crippen molar-refractivity contribution in [1.82, 2.24) is 4.98 Å². The van der Waals surface area contributed by atoms with Crippen LogP contribution in [0.2, 0.25) is 0 Å². The van der Waals surface area contributed by atoms with E-state index in [1.54, 1.807) is 0 Å². The molecule has 0 aliphatic carbocycles. The van der Waals surface area contributed by atoms with E-state index in [0.29, 0.717) is 12.5 Å². The number of benzene rings is 1. The summed E-state index contributed by atoms with van der Waals surface area (Å²) in [5.74, 6) is 0.462. The molecule has 2 heterocycles. The van der Waals surface area contributed by atoms with Crippen LogP contribution < -0.4 is 5.56 Å². The topological polar surface area (TPSA) is 42.1 Å². The molecule has 0 saturated heterocycles. The van der Waals surface area contributed by atoms with Crippen molar-refractivity contribution in [1.29, 1.82) is 0 Å². The van der Waals surface area contributed by atoms with Crippen molar-refractivity contribution in [2.24, 2.45) is 5.92 Å². The molecule has 1 unspecified atom stereocenters. The van der Waals surface area contributed by atoms with Gasteiger partial charge in [-0.1, -0.05) is 26.0 Å². The first-order chi connectivity index (χ1) is 9.08. The number of fused-ring (bicyclic) bond motifs is 3. The second-order valence-corrected chi connectivity index (χ2v) is 5.71. The fourth-order valence-corrected chi connectivity index (χ4v) is 2.90. The van der Waals surface area contributed by atoms with E-state index < -0.39 is 0 Å². The van der Waals surface area contributed by atoms with Crippen molar-refractivity contribution >= 4 is 10.8 Å². The van der Waals surface area contributed by atoms with Gasteiger partial charge in [0.1, 0.15) is 0 Å². The van der Waals surface area contributed by atoms with E-state index in [2.05, 4.69) is 31.8 Å². The average Bonchev–Trinajstić information content (AvgIpc) is 2.38. The Morgan fingerprint density at radius 2 is 2.16 bits per heavy atom. The Morgan fingerprint density at radius 1 is 1.37 bits per heavy atom. The van der Waals surface area contributed by atoms with Crippen molar-refractivity contribution in [2.75, 3.05) is 0 Å². The zero-order valence-corrected chi connectivity index (χ0v) is 11.6. The molecule has 3 heteroatoms. The summed E-state index contributed by atoms with van der Waals surface area (Å²) in [5.41, 5.74) is 3.37. The zero-order chi connectivity index (χ0) is 13.6. The predicted octanol–water partition coefficient (Wildman–Crippen LogP) is 2.93. The van der Waals surface area contributed by atoms with Gasteiger partial charge in [0.25, 0.3) is 5.56 Å². The minimum absolute atomic E-state index is 0.0156. The molecule has 2 aromatic rings. The summed E-state index contributed by atoms with van der Waals surface area (Å²) >= 11 is 0. The van der Waals surface area contributed by atoms with Gasteiger partial charge in [0.15, 0.2) is 0 Å². The number of aromatic amines is 1. The van der Waals surface area contributed by atoms with E-state index in [4.69, 9.17) is 4.74 Å². The SMILES string of the molecule is Cc1cccc2c(=O)[nH]c3c(c12)COC(C(C)C)C3. The van der Waals surface area contributed by atoms with Gasteiger partial charge >= 0.3 is 0 Å². The number of H-pyrrole nitrogens is 1. The average molecular weight is 257 g/mol. The lowest BCUT2D eigenvalue weighted by Crippen LogP contribution is -2.30. The maximum absolute atomic E-state index is 12.2. The highest BCUT2D eigenvalue weighted by Gasteiger charge is 2.25. The monoisotopic (exact) mass is 257 g/mol. The second kappa shape index (κ2) is 4.49.